The highest BCUT2D eigenvalue weighted by Gasteiger charge is 2.09. The molecular weight excluding hydrogens is 188 g/mol. The van der Waals surface area contributed by atoms with E-state index in [9.17, 15) is 9.59 Å². The molecule has 0 aromatic carbocycles. The van der Waals surface area contributed by atoms with Gasteiger partial charge in [0.25, 0.3) is 0 Å². The number of carbonyl (C=O) groups is 2. The molecule has 0 aliphatic rings. The Morgan fingerprint density at radius 2 is 2.00 bits per heavy atom. The van der Waals surface area contributed by atoms with Gasteiger partial charge in [-0.25, -0.2) is 0 Å². The molecule has 0 unspecified atom stereocenters. The molecule has 4 heteroatoms. The van der Waals surface area contributed by atoms with E-state index in [-0.39, 0.29) is 12.2 Å². The van der Waals surface area contributed by atoms with Crippen LogP contribution in [-0.4, -0.2) is 29.9 Å². The fourth-order valence-electron chi connectivity index (χ4n) is 0.730. The molecule has 0 aliphatic carbocycles. The Bertz CT molecular complexity index is 178. The second-order valence-corrected chi connectivity index (χ2v) is 4.65. The molecule has 0 bridgehead atoms. The molecular formula is C9H16O3S. The van der Waals surface area contributed by atoms with Gasteiger partial charge in [-0.2, -0.15) is 11.8 Å². The molecule has 0 aromatic rings. The highest BCUT2D eigenvalue weighted by Crippen LogP contribution is 2.10. The van der Waals surface area contributed by atoms with Gasteiger partial charge in [0.2, 0.25) is 0 Å². The van der Waals surface area contributed by atoms with E-state index in [1.165, 1.54) is 7.11 Å². The van der Waals surface area contributed by atoms with E-state index in [1.807, 2.05) is 0 Å². The number of thioether (sulfide) groups is 1. The fraction of sp³-hybridized carbons (Fsp3) is 0.778. The van der Waals surface area contributed by atoms with E-state index >= 15 is 0 Å². The molecule has 0 aliphatic heterocycles. The van der Waals surface area contributed by atoms with Gasteiger partial charge in [0.05, 0.1) is 7.11 Å². The first kappa shape index (κ1) is 12.5. The summed E-state index contributed by atoms with van der Waals surface area (Å²) in [6.07, 6.45) is 0.368. The summed E-state index contributed by atoms with van der Waals surface area (Å²) in [6, 6.07) is 0. The highest BCUT2D eigenvalue weighted by molar-refractivity contribution is 7.99. The first-order chi connectivity index (χ1) is 6.06. The molecule has 3 nitrogen and oxygen atoms in total. The largest absolute Gasteiger partial charge is 0.469 e. The summed E-state index contributed by atoms with van der Waals surface area (Å²) in [5.74, 6) is 0.299. The van der Waals surface area contributed by atoms with E-state index in [1.54, 1.807) is 11.8 Å². The van der Waals surface area contributed by atoms with Crippen LogP contribution in [0, 0.1) is 0 Å². The molecule has 0 fully saturated rings. The van der Waals surface area contributed by atoms with Gasteiger partial charge in [0.1, 0.15) is 12.2 Å². The van der Waals surface area contributed by atoms with Crippen LogP contribution < -0.4 is 0 Å². The quantitative estimate of drug-likeness (QED) is 0.487. The Morgan fingerprint density at radius 3 is 2.46 bits per heavy atom. The zero-order valence-electron chi connectivity index (χ0n) is 8.33. The third-order valence-electron chi connectivity index (χ3n) is 1.40. The Balaban J connectivity index is 3.46. The van der Waals surface area contributed by atoms with Crippen molar-refractivity contribution in [2.45, 2.75) is 31.9 Å². The van der Waals surface area contributed by atoms with Crippen LogP contribution in [-0.2, 0) is 14.3 Å². The molecule has 0 heterocycles. The van der Waals surface area contributed by atoms with Crippen LogP contribution in [0.3, 0.4) is 0 Å². The highest BCUT2D eigenvalue weighted by atomic mass is 32.2. The maximum atomic E-state index is 11.1. The van der Waals surface area contributed by atoms with Crippen molar-refractivity contribution in [2.24, 2.45) is 0 Å². The lowest BCUT2D eigenvalue weighted by Crippen LogP contribution is -2.10. The average molecular weight is 204 g/mol. The predicted octanol–water partition coefficient (Wildman–Crippen LogP) is 1.65. The first-order valence-corrected chi connectivity index (χ1v) is 5.31. The van der Waals surface area contributed by atoms with Crippen molar-refractivity contribution in [3.05, 3.63) is 0 Å². The minimum atomic E-state index is -0.445. The fourth-order valence-corrected chi connectivity index (χ4v) is 1.55. The van der Waals surface area contributed by atoms with Crippen molar-refractivity contribution >= 4 is 23.5 Å². The lowest BCUT2D eigenvalue weighted by molar-refractivity contribution is -0.143. The zero-order chi connectivity index (χ0) is 10.3. The van der Waals surface area contributed by atoms with Crippen molar-refractivity contribution in [3.63, 3.8) is 0 Å². The van der Waals surface area contributed by atoms with Crippen molar-refractivity contribution in [1.29, 1.82) is 0 Å². The third kappa shape index (κ3) is 7.84. The van der Waals surface area contributed by atoms with Crippen molar-refractivity contribution in [1.82, 2.24) is 0 Å². The summed E-state index contributed by atoms with van der Waals surface area (Å²) in [7, 11) is 1.29. The summed E-state index contributed by atoms with van der Waals surface area (Å²) in [6.45, 7) is 4.16. The maximum Gasteiger partial charge on any atom is 0.313 e. The molecule has 0 saturated heterocycles. The van der Waals surface area contributed by atoms with Gasteiger partial charge in [-0.3, -0.25) is 9.59 Å². The Labute approximate surface area is 83.2 Å². The van der Waals surface area contributed by atoms with Crippen molar-refractivity contribution in [2.75, 3.05) is 12.9 Å². The minimum absolute atomic E-state index is 0.0417. The third-order valence-corrected chi connectivity index (χ3v) is 2.51. The lowest BCUT2D eigenvalue weighted by atomic mass is 10.2. The predicted molar refractivity (Wildman–Crippen MR) is 53.9 cm³/mol. The van der Waals surface area contributed by atoms with Gasteiger partial charge in [0, 0.05) is 12.2 Å². The van der Waals surface area contributed by atoms with Gasteiger partial charge in [-0.1, -0.05) is 13.8 Å². The number of Topliss-reactive ketones (excluding diaryl/α,β-unsaturated/α-hetero) is 1. The molecule has 0 amide bonds. The van der Waals surface area contributed by atoms with Gasteiger partial charge >= 0.3 is 5.97 Å². The molecule has 0 aromatic heterocycles. The second kappa shape index (κ2) is 6.95. The summed E-state index contributed by atoms with van der Waals surface area (Å²) in [4.78, 5) is 21.7. The van der Waals surface area contributed by atoms with E-state index in [2.05, 4.69) is 18.6 Å². The standard InChI is InChI=1S/C9H16O3S/c1-7(2)13-5-4-8(10)6-9(11)12-3/h7H,4-6H2,1-3H3. The van der Waals surface area contributed by atoms with Crippen LogP contribution in [0.15, 0.2) is 0 Å². The van der Waals surface area contributed by atoms with E-state index in [0.29, 0.717) is 11.7 Å². The van der Waals surface area contributed by atoms with Crippen LogP contribution in [0.4, 0.5) is 0 Å². The van der Waals surface area contributed by atoms with E-state index in [4.69, 9.17) is 0 Å². The van der Waals surface area contributed by atoms with Gasteiger partial charge in [-0.15, -0.1) is 0 Å². The van der Waals surface area contributed by atoms with Crippen LogP contribution in [0.25, 0.3) is 0 Å². The summed E-state index contributed by atoms with van der Waals surface area (Å²) in [5, 5.41) is 0.533. The minimum Gasteiger partial charge on any atom is -0.469 e. The van der Waals surface area contributed by atoms with Crippen LogP contribution in [0.2, 0.25) is 0 Å². The van der Waals surface area contributed by atoms with Crippen molar-refractivity contribution in [3.8, 4) is 0 Å². The number of hydrogen-bond acceptors (Lipinski definition) is 4. The Hall–Kier alpha value is -0.510. The Kier molecular flexibility index (Phi) is 6.68. The number of hydrogen-bond donors (Lipinski definition) is 0. The normalized spacial score (nSPS) is 10.2. The van der Waals surface area contributed by atoms with Crippen LogP contribution in [0.1, 0.15) is 26.7 Å². The monoisotopic (exact) mass is 204 g/mol. The number of ketones is 1. The van der Waals surface area contributed by atoms with Crippen molar-refractivity contribution < 1.29 is 14.3 Å². The number of esters is 1. The summed E-state index contributed by atoms with van der Waals surface area (Å²) in [5.41, 5.74) is 0. The van der Waals surface area contributed by atoms with Gasteiger partial charge in [0.15, 0.2) is 0 Å². The number of methoxy groups -OCH3 is 1. The van der Waals surface area contributed by atoms with Gasteiger partial charge < -0.3 is 4.74 Å². The lowest BCUT2D eigenvalue weighted by Gasteiger charge is -2.03. The topological polar surface area (TPSA) is 43.4 Å². The average Bonchev–Trinajstić information content (AvgIpc) is 2.03. The summed E-state index contributed by atoms with van der Waals surface area (Å²) >= 11 is 1.72. The van der Waals surface area contributed by atoms with Crippen LogP contribution in [0.5, 0.6) is 0 Å². The smallest absolute Gasteiger partial charge is 0.313 e. The molecule has 0 saturated carbocycles. The number of rotatable bonds is 6. The Morgan fingerprint density at radius 1 is 1.38 bits per heavy atom. The second-order valence-electron chi connectivity index (χ2n) is 2.96. The van der Waals surface area contributed by atoms with Crippen LogP contribution >= 0.6 is 11.8 Å². The molecule has 0 N–H and O–H groups in total. The molecule has 0 atom stereocenters. The van der Waals surface area contributed by atoms with Gasteiger partial charge in [-0.05, 0) is 5.25 Å². The SMILES string of the molecule is COC(=O)CC(=O)CCSC(C)C. The first-order valence-electron chi connectivity index (χ1n) is 4.26. The summed E-state index contributed by atoms with van der Waals surface area (Å²) < 4.78 is 4.38. The number of ether oxygens (including phenoxy) is 1. The van der Waals surface area contributed by atoms with E-state index in [0.717, 1.165) is 5.75 Å². The molecule has 76 valence electrons. The molecule has 13 heavy (non-hydrogen) atoms. The molecule has 0 rings (SSSR count). The molecule has 0 spiro atoms. The number of carbonyl (C=O) groups excluding carboxylic acids is 2. The molecule has 0 radical (unpaired) electrons. The van der Waals surface area contributed by atoms with E-state index < -0.39 is 5.97 Å². The zero-order valence-corrected chi connectivity index (χ0v) is 9.15. The maximum absolute atomic E-state index is 11.1.